The lowest BCUT2D eigenvalue weighted by molar-refractivity contribution is -0.139. The molecule has 0 bridgehead atoms. The molecule has 0 aliphatic carbocycles. The maximum atomic E-state index is 11.5. The Hall–Kier alpha value is -1.30. The summed E-state index contributed by atoms with van der Waals surface area (Å²) in [5.41, 5.74) is 0. The summed E-state index contributed by atoms with van der Waals surface area (Å²) in [7, 11) is 1.96. The van der Waals surface area contributed by atoms with Crippen molar-refractivity contribution in [2.45, 2.75) is 33.2 Å². The molecule has 0 saturated carbocycles. The van der Waals surface area contributed by atoms with Gasteiger partial charge >= 0.3 is 12.0 Å². The fourth-order valence-corrected chi connectivity index (χ4v) is 1.42. The minimum Gasteiger partial charge on any atom is -0.480 e. The summed E-state index contributed by atoms with van der Waals surface area (Å²) in [6.07, 6.45) is 0.428. The van der Waals surface area contributed by atoms with Gasteiger partial charge in [0.25, 0.3) is 0 Å². The average molecular weight is 259 g/mol. The molecule has 0 heterocycles. The van der Waals surface area contributed by atoms with Crippen LogP contribution in [0.15, 0.2) is 0 Å². The van der Waals surface area contributed by atoms with E-state index in [0.29, 0.717) is 13.0 Å². The predicted molar refractivity (Wildman–Crippen MR) is 70.6 cm³/mol. The molecule has 0 aromatic heterocycles. The molecule has 6 heteroatoms. The molecule has 0 unspecified atom stereocenters. The van der Waals surface area contributed by atoms with Crippen molar-refractivity contribution >= 4 is 12.0 Å². The van der Waals surface area contributed by atoms with Crippen LogP contribution in [0.5, 0.6) is 0 Å². The van der Waals surface area contributed by atoms with Gasteiger partial charge in [-0.2, -0.15) is 0 Å². The predicted octanol–water partition coefficient (Wildman–Crippen LogP) is 0.737. The van der Waals surface area contributed by atoms with E-state index in [9.17, 15) is 9.59 Å². The van der Waals surface area contributed by atoms with Gasteiger partial charge in [0.15, 0.2) is 0 Å². The van der Waals surface area contributed by atoms with E-state index in [-0.39, 0.29) is 5.92 Å². The Labute approximate surface area is 109 Å². The number of aliphatic carboxylic acids is 1. The number of nitrogens with zero attached hydrogens (tertiary/aromatic N) is 1. The van der Waals surface area contributed by atoms with Crippen molar-refractivity contribution < 1.29 is 14.7 Å². The van der Waals surface area contributed by atoms with Crippen molar-refractivity contribution in [3.63, 3.8) is 0 Å². The number of amides is 2. The zero-order chi connectivity index (χ0) is 14.1. The van der Waals surface area contributed by atoms with Gasteiger partial charge in [0, 0.05) is 13.1 Å². The van der Waals surface area contributed by atoms with Gasteiger partial charge in [-0.15, -0.1) is 0 Å². The summed E-state index contributed by atoms with van der Waals surface area (Å²) in [6, 6.07) is -1.25. The quantitative estimate of drug-likeness (QED) is 0.600. The SMILES string of the molecule is CCN(C)CCNC(=O)N[C@@H](CC(C)C)C(=O)O. The van der Waals surface area contributed by atoms with Crippen LogP contribution in [0.1, 0.15) is 27.2 Å². The van der Waals surface area contributed by atoms with Gasteiger partial charge in [-0.3, -0.25) is 0 Å². The molecule has 0 fully saturated rings. The zero-order valence-corrected chi connectivity index (χ0v) is 11.7. The number of carboxylic acid groups (broad SMARTS) is 1. The van der Waals surface area contributed by atoms with Gasteiger partial charge < -0.3 is 20.6 Å². The van der Waals surface area contributed by atoms with Gasteiger partial charge in [0.05, 0.1) is 0 Å². The second-order valence-electron chi connectivity index (χ2n) is 4.82. The number of urea groups is 1. The topological polar surface area (TPSA) is 81.7 Å². The van der Waals surface area contributed by atoms with E-state index in [2.05, 4.69) is 15.5 Å². The Morgan fingerprint density at radius 2 is 1.94 bits per heavy atom. The second kappa shape index (κ2) is 8.74. The third kappa shape index (κ3) is 7.89. The molecule has 2 amide bonds. The molecule has 0 saturated heterocycles. The molecule has 18 heavy (non-hydrogen) atoms. The number of carboxylic acids is 1. The van der Waals surface area contributed by atoms with Crippen LogP contribution in [0.3, 0.4) is 0 Å². The second-order valence-corrected chi connectivity index (χ2v) is 4.82. The molecule has 0 aromatic rings. The van der Waals surface area contributed by atoms with Gasteiger partial charge in [0.2, 0.25) is 0 Å². The van der Waals surface area contributed by atoms with Crippen molar-refractivity contribution in [2.75, 3.05) is 26.7 Å². The molecule has 106 valence electrons. The van der Waals surface area contributed by atoms with E-state index < -0.39 is 18.0 Å². The fourth-order valence-electron chi connectivity index (χ4n) is 1.42. The summed E-state index contributed by atoms with van der Waals surface area (Å²) in [5.74, 6) is -0.776. The largest absolute Gasteiger partial charge is 0.480 e. The van der Waals surface area contributed by atoms with E-state index in [4.69, 9.17) is 5.11 Å². The maximum absolute atomic E-state index is 11.5. The maximum Gasteiger partial charge on any atom is 0.326 e. The van der Waals surface area contributed by atoms with Crippen LogP contribution >= 0.6 is 0 Å². The summed E-state index contributed by atoms with van der Waals surface area (Å²) >= 11 is 0. The molecule has 6 nitrogen and oxygen atoms in total. The first-order valence-corrected chi connectivity index (χ1v) is 6.32. The highest BCUT2D eigenvalue weighted by Gasteiger charge is 2.20. The third-order valence-electron chi connectivity index (χ3n) is 2.63. The van der Waals surface area contributed by atoms with Gasteiger partial charge in [-0.05, 0) is 25.9 Å². The average Bonchev–Trinajstić information content (AvgIpc) is 2.27. The van der Waals surface area contributed by atoms with Gasteiger partial charge in [-0.25, -0.2) is 9.59 Å². The Morgan fingerprint density at radius 1 is 1.33 bits per heavy atom. The summed E-state index contributed by atoms with van der Waals surface area (Å²) in [4.78, 5) is 24.5. The number of carbonyl (C=O) groups excluding carboxylic acids is 1. The van der Waals surface area contributed by atoms with Crippen molar-refractivity contribution in [1.82, 2.24) is 15.5 Å². The molecule has 0 aliphatic heterocycles. The Balaban J connectivity index is 3.99. The molecule has 0 aromatic carbocycles. The standard InChI is InChI=1S/C12H25N3O3/c1-5-15(4)7-6-13-12(18)14-10(11(16)17)8-9(2)3/h9-10H,5-8H2,1-4H3,(H,16,17)(H2,13,14,18)/t10-/m0/s1. The molecule has 0 aliphatic rings. The van der Waals surface area contributed by atoms with Crippen LogP contribution in [-0.2, 0) is 4.79 Å². The fraction of sp³-hybridized carbons (Fsp3) is 0.833. The zero-order valence-electron chi connectivity index (χ0n) is 11.7. The first-order chi connectivity index (χ1) is 8.36. The molecule has 0 rings (SSSR count). The normalized spacial score (nSPS) is 12.6. The lowest BCUT2D eigenvalue weighted by atomic mass is 10.0. The van der Waals surface area contributed by atoms with E-state index in [1.807, 2.05) is 27.8 Å². The molecule has 3 N–H and O–H groups in total. The summed E-state index contributed by atoms with van der Waals surface area (Å²) in [5, 5.41) is 14.1. The molecule has 0 radical (unpaired) electrons. The highest BCUT2D eigenvalue weighted by atomic mass is 16.4. The highest BCUT2D eigenvalue weighted by Crippen LogP contribution is 2.04. The third-order valence-corrected chi connectivity index (χ3v) is 2.63. The van der Waals surface area contributed by atoms with E-state index in [1.54, 1.807) is 0 Å². The number of likely N-dealkylation sites (N-methyl/N-ethyl adjacent to an activating group) is 1. The Morgan fingerprint density at radius 3 is 2.39 bits per heavy atom. The van der Waals surface area contributed by atoms with Crippen LogP contribution in [0.25, 0.3) is 0 Å². The van der Waals surface area contributed by atoms with Crippen LogP contribution in [0, 0.1) is 5.92 Å². The summed E-state index contributed by atoms with van der Waals surface area (Å²) in [6.45, 7) is 8.03. The van der Waals surface area contributed by atoms with Crippen molar-refractivity contribution in [3.8, 4) is 0 Å². The minimum absolute atomic E-state index is 0.220. The molecular weight excluding hydrogens is 234 g/mol. The first kappa shape index (κ1) is 16.7. The number of hydrogen-bond acceptors (Lipinski definition) is 3. The van der Waals surface area contributed by atoms with Crippen molar-refractivity contribution in [3.05, 3.63) is 0 Å². The number of rotatable bonds is 8. The molecular formula is C12H25N3O3. The number of carbonyl (C=O) groups is 2. The van der Waals surface area contributed by atoms with Crippen LogP contribution in [0.4, 0.5) is 4.79 Å². The van der Waals surface area contributed by atoms with Crippen molar-refractivity contribution in [2.24, 2.45) is 5.92 Å². The van der Waals surface area contributed by atoms with Gasteiger partial charge in [0.1, 0.15) is 6.04 Å². The molecule has 0 spiro atoms. The summed E-state index contributed by atoms with van der Waals surface area (Å²) < 4.78 is 0. The van der Waals surface area contributed by atoms with Gasteiger partial charge in [-0.1, -0.05) is 20.8 Å². The Kier molecular flexibility index (Phi) is 8.11. The highest BCUT2D eigenvalue weighted by molar-refractivity contribution is 5.82. The van der Waals surface area contributed by atoms with Crippen LogP contribution in [-0.4, -0.2) is 54.7 Å². The van der Waals surface area contributed by atoms with E-state index in [1.165, 1.54) is 0 Å². The smallest absolute Gasteiger partial charge is 0.326 e. The number of nitrogens with one attached hydrogen (secondary N) is 2. The first-order valence-electron chi connectivity index (χ1n) is 6.32. The monoisotopic (exact) mass is 259 g/mol. The minimum atomic E-state index is -0.996. The Bertz CT molecular complexity index is 269. The van der Waals surface area contributed by atoms with Crippen molar-refractivity contribution in [1.29, 1.82) is 0 Å². The lowest BCUT2D eigenvalue weighted by Crippen LogP contribution is -2.47. The van der Waals surface area contributed by atoms with Crippen LogP contribution in [0.2, 0.25) is 0 Å². The number of hydrogen-bond donors (Lipinski definition) is 3. The molecule has 1 atom stereocenters. The lowest BCUT2D eigenvalue weighted by Gasteiger charge is -2.18. The van der Waals surface area contributed by atoms with E-state index >= 15 is 0 Å². The van der Waals surface area contributed by atoms with Crippen LogP contribution < -0.4 is 10.6 Å². The van der Waals surface area contributed by atoms with E-state index in [0.717, 1.165) is 13.1 Å².